The number of nitrogens with two attached hydrogens (primary N) is 1. The van der Waals surface area contributed by atoms with E-state index >= 15 is 0 Å². The fraction of sp³-hybridized carbons (Fsp3) is 0.167. The number of benzene rings is 1. The highest BCUT2D eigenvalue weighted by molar-refractivity contribution is 6.42. The van der Waals surface area contributed by atoms with Gasteiger partial charge in [0.1, 0.15) is 5.82 Å². The molecule has 100 valence electrons. The second-order valence-corrected chi connectivity index (χ2v) is 4.59. The molecule has 0 saturated carbocycles. The van der Waals surface area contributed by atoms with E-state index in [1.807, 2.05) is 0 Å². The van der Waals surface area contributed by atoms with Crippen molar-refractivity contribution in [2.75, 3.05) is 12.5 Å². The lowest BCUT2D eigenvalue weighted by atomic mass is 10.2. The van der Waals surface area contributed by atoms with Gasteiger partial charge < -0.3 is 10.2 Å². The molecule has 0 aliphatic heterocycles. The fourth-order valence-electron chi connectivity index (χ4n) is 1.56. The fourth-order valence-corrected chi connectivity index (χ4v) is 1.86. The Bertz CT molecular complexity index is 592. The molecule has 7 heteroatoms. The minimum absolute atomic E-state index is 0.367. The summed E-state index contributed by atoms with van der Waals surface area (Å²) in [5, 5.41) is 0.929. The third kappa shape index (κ3) is 3.33. The number of nitrogen functional groups attached to an aromatic ring is 1. The molecule has 2 rings (SSSR count). The van der Waals surface area contributed by atoms with Gasteiger partial charge in [0.15, 0.2) is 5.82 Å². The van der Waals surface area contributed by atoms with Crippen LogP contribution in [0.1, 0.15) is 5.69 Å². The van der Waals surface area contributed by atoms with Crippen molar-refractivity contribution in [2.24, 2.45) is 5.84 Å². The highest BCUT2D eigenvalue weighted by atomic mass is 35.5. The predicted molar refractivity (Wildman–Crippen MR) is 76.0 cm³/mol. The lowest BCUT2D eigenvalue weighted by Crippen LogP contribution is -2.10. The lowest BCUT2D eigenvalue weighted by molar-refractivity contribution is 0.181. The van der Waals surface area contributed by atoms with E-state index in [1.54, 1.807) is 31.4 Å². The zero-order chi connectivity index (χ0) is 13.8. The predicted octanol–water partition coefficient (Wildman–Crippen LogP) is 2.88. The topological polar surface area (TPSA) is 73.1 Å². The average Bonchev–Trinajstić information content (AvgIpc) is 2.42. The van der Waals surface area contributed by atoms with Crippen LogP contribution in [0.15, 0.2) is 24.3 Å². The molecular formula is C12H12Cl2N4O. The molecule has 0 bridgehead atoms. The van der Waals surface area contributed by atoms with E-state index in [1.165, 1.54) is 0 Å². The van der Waals surface area contributed by atoms with Crippen molar-refractivity contribution in [3.63, 3.8) is 0 Å². The van der Waals surface area contributed by atoms with E-state index in [2.05, 4.69) is 15.4 Å². The first-order valence-electron chi connectivity index (χ1n) is 5.43. The van der Waals surface area contributed by atoms with Crippen LogP contribution in [-0.2, 0) is 11.3 Å². The Morgan fingerprint density at radius 2 is 2.00 bits per heavy atom. The van der Waals surface area contributed by atoms with E-state index in [9.17, 15) is 0 Å². The molecule has 0 unspecified atom stereocenters. The van der Waals surface area contributed by atoms with Gasteiger partial charge in [0.25, 0.3) is 0 Å². The summed E-state index contributed by atoms with van der Waals surface area (Å²) >= 11 is 11.9. The van der Waals surface area contributed by atoms with Crippen molar-refractivity contribution in [2.45, 2.75) is 6.61 Å². The van der Waals surface area contributed by atoms with E-state index in [4.69, 9.17) is 33.8 Å². The van der Waals surface area contributed by atoms with Crippen LogP contribution in [0.25, 0.3) is 11.4 Å². The molecule has 3 N–H and O–H groups in total. The molecule has 0 spiro atoms. The summed E-state index contributed by atoms with van der Waals surface area (Å²) < 4.78 is 5.06. The van der Waals surface area contributed by atoms with Crippen LogP contribution in [-0.4, -0.2) is 17.1 Å². The van der Waals surface area contributed by atoms with Gasteiger partial charge in [0.2, 0.25) is 0 Å². The van der Waals surface area contributed by atoms with Crippen LogP contribution >= 0.6 is 23.2 Å². The standard InChI is InChI=1S/C12H12Cl2N4O/c1-19-6-8-5-11(18-15)17-12(16-8)7-2-3-9(13)10(14)4-7/h2-5H,6,15H2,1H3,(H,16,17,18). The van der Waals surface area contributed by atoms with Crippen LogP contribution in [0, 0.1) is 0 Å². The summed E-state index contributed by atoms with van der Waals surface area (Å²) in [6.45, 7) is 0.367. The Morgan fingerprint density at radius 1 is 1.21 bits per heavy atom. The molecule has 0 aliphatic carbocycles. The number of methoxy groups -OCH3 is 1. The Kier molecular flexibility index (Phi) is 4.55. The molecule has 0 fully saturated rings. The summed E-state index contributed by atoms with van der Waals surface area (Å²) in [7, 11) is 1.59. The van der Waals surface area contributed by atoms with Crippen LogP contribution < -0.4 is 11.3 Å². The molecule has 1 aromatic carbocycles. The second kappa shape index (κ2) is 6.16. The maximum Gasteiger partial charge on any atom is 0.161 e. The van der Waals surface area contributed by atoms with Gasteiger partial charge in [-0.2, -0.15) is 0 Å². The monoisotopic (exact) mass is 298 g/mol. The number of halogens is 2. The third-order valence-electron chi connectivity index (χ3n) is 2.40. The molecule has 2 aromatic rings. The molecule has 0 radical (unpaired) electrons. The van der Waals surface area contributed by atoms with E-state index in [0.717, 1.165) is 5.56 Å². The normalized spacial score (nSPS) is 10.5. The Labute approximate surface area is 120 Å². The van der Waals surface area contributed by atoms with Gasteiger partial charge in [0.05, 0.1) is 22.3 Å². The van der Waals surface area contributed by atoms with E-state index in [-0.39, 0.29) is 0 Å². The lowest BCUT2D eigenvalue weighted by Gasteiger charge is -2.08. The quantitative estimate of drug-likeness (QED) is 0.671. The molecule has 0 aliphatic rings. The number of ether oxygens (including phenoxy) is 1. The maximum absolute atomic E-state index is 5.99. The van der Waals surface area contributed by atoms with Gasteiger partial charge in [-0.3, -0.25) is 0 Å². The van der Waals surface area contributed by atoms with Crippen molar-refractivity contribution in [1.29, 1.82) is 0 Å². The van der Waals surface area contributed by atoms with Gasteiger partial charge in [0, 0.05) is 18.7 Å². The summed E-state index contributed by atoms with van der Waals surface area (Å²) in [5.41, 5.74) is 3.96. The molecule has 1 heterocycles. The Hall–Kier alpha value is -1.40. The summed E-state index contributed by atoms with van der Waals surface area (Å²) in [6, 6.07) is 6.90. The number of rotatable bonds is 4. The third-order valence-corrected chi connectivity index (χ3v) is 3.14. The SMILES string of the molecule is COCc1cc(NN)nc(-c2ccc(Cl)c(Cl)c2)n1. The molecule has 0 atom stereocenters. The van der Waals surface area contributed by atoms with Gasteiger partial charge in [-0.1, -0.05) is 23.2 Å². The molecule has 0 saturated heterocycles. The van der Waals surface area contributed by atoms with Gasteiger partial charge in [-0.25, -0.2) is 15.8 Å². The smallest absolute Gasteiger partial charge is 0.161 e. The summed E-state index contributed by atoms with van der Waals surface area (Å²) in [6.07, 6.45) is 0. The van der Waals surface area contributed by atoms with Crippen molar-refractivity contribution in [3.05, 3.63) is 40.0 Å². The molecule has 5 nitrogen and oxygen atoms in total. The summed E-state index contributed by atoms with van der Waals surface area (Å²) in [5.74, 6) is 6.39. The number of hydrogen-bond donors (Lipinski definition) is 2. The highest BCUT2D eigenvalue weighted by Gasteiger charge is 2.08. The van der Waals surface area contributed by atoms with Crippen molar-refractivity contribution in [3.8, 4) is 11.4 Å². The van der Waals surface area contributed by atoms with Gasteiger partial charge >= 0.3 is 0 Å². The second-order valence-electron chi connectivity index (χ2n) is 3.77. The first-order valence-corrected chi connectivity index (χ1v) is 6.18. The molecule has 19 heavy (non-hydrogen) atoms. The van der Waals surface area contributed by atoms with Gasteiger partial charge in [-0.15, -0.1) is 0 Å². The van der Waals surface area contributed by atoms with Crippen LogP contribution in [0.2, 0.25) is 10.0 Å². The van der Waals surface area contributed by atoms with Crippen molar-refractivity contribution in [1.82, 2.24) is 9.97 Å². The Balaban J connectivity index is 2.47. The van der Waals surface area contributed by atoms with E-state index in [0.29, 0.717) is 34.0 Å². The maximum atomic E-state index is 5.99. The summed E-state index contributed by atoms with van der Waals surface area (Å²) in [4.78, 5) is 8.65. The highest BCUT2D eigenvalue weighted by Crippen LogP contribution is 2.27. The van der Waals surface area contributed by atoms with Gasteiger partial charge in [-0.05, 0) is 18.2 Å². The number of nitrogens with one attached hydrogen (secondary N) is 1. The molecule has 1 aromatic heterocycles. The number of aromatic nitrogens is 2. The van der Waals surface area contributed by atoms with Crippen molar-refractivity contribution >= 4 is 29.0 Å². The first-order chi connectivity index (χ1) is 9.13. The van der Waals surface area contributed by atoms with Crippen molar-refractivity contribution < 1.29 is 4.74 Å². The Morgan fingerprint density at radius 3 is 2.63 bits per heavy atom. The van der Waals surface area contributed by atoms with Crippen LogP contribution in [0.4, 0.5) is 5.82 Å². The number of anilines is 1. The first kappa shape index (κ1) is 14.0. The van der Waals surface area contributed by atoms with Crippen LogP contribution in [0.5, 0.6) is 0 Å². The zero-order valence-corrected chi connectivity index (χ0v) is 11.7. The molecule has 0 amide bonds. The number of nitrogens with zero attached hydrogens (tertiary/aromatic N) is 2. The zero-order valence-electron chi connectivity index (χ0n) is 10.2. The minimum Gasteiger partial charge on any atom is -0.378 e. The minimum atomic E-state index is 0.367. The van der Waals surface area contributed by atoms with Crippen LogP contribution in [0.3, 0.4) is 0 Å². The average molecular weight is 299 g/mol. The largest absolute Gasteiger partial charge is 0.378 e. The number of hydrazine groups is 1. The van der Waals surface area contributed by atoms with E-state index < -0.39 is 0 Å². The molecular weight excluding hydrogens is 287 g/mol. The number of hydrogen-bond acceptors (Lipinski definition) is 5.